The summed E-state index contributed by atoms with van der Waals surface area (Å²) < 4.78 is 36.2. The Bertz CT molecular complexity index is 1650. The van der Waals surface area contributed by atoms with Gasteiger partial charge in [-0.25, -0.2) is 18.0 Å². The van der Waals surface area contributed by atoms with E-state index >= 15 is 0 Å². The third-order valence-electron chi connectivity index (χ3n) is 7.53. The van der Waals surface area contributed by atoms with Gasteiger partial charge in [-0.15, -0.1) is 0 Å². The van der Waals surface area contributed by atoms with E-state index in [1.165, 1.54) is 28.0 Å². The molecule has 0 radical (unpaired) electrons. The minimum Gasteiger partial charge on any atom is -0.460 e. The lowest BCUT2D eigenvalue weighted by Gasteiger charge is -2.32. The summed E-state index contributed by atoms with van der Waals surface area (Å²) in [5.74, 6) is -1.35. The zero-order chi connectivity index (χ0) is 30.7. The lowest BCUT2D eigenvalue weighted by atomic mass is 9.88. The standard InChI is InChI=1S/C31H29ClN2O8S/c1-43(39,40)27-17-24(34-25(19-42-31(34)38)18-41-30(37)22-5-3-2-4-6-22)11-12-26(27)29(36)33-15-13-21(14-16-33)28(35)20-7-9-23(32)10-8-20/h2-12,17,21,25H,13-16,18-19H2,1H3/t25-/m1/s1. The number of rotatable bonds is 8. The van der Waals surface area contributed by atoms with Gasteiger partial charge in [0.1, 0.15) is 19.3 Å². The first-order valence-corrected chi connectivity index (χ1v) is 15.9. The van der Waals surface area contributed by atoms with E-state index < -0.39 is 33.8 Å². The first-order chi connectivity index (χ1) is 20.5. The third-order valence-corrected chi connectivity index (χ3v) is 8.92. The second-order valence-corrected chi connectivity index (χ2v) is 12.9. The van der Waals surface area contributed by atoms with Gasteiger partial charge in [0.05, 0.1) is 16.0 Å². The van der Waals surface area contributed by atoms with Gasteiger partial charge >= 0.3 is 12.1 Å². The van der Waals surface area contributed by atoms with Crippen LogP contribution in [-0.4, -0.2) is 75.7 Å². The Morgan fingerprint density at radius 3 is 2.28 bits per heavy atom. The molecule has 0 spiro atoms. The maximum absolute atomic E-state index is 13.5. The number of Topliss-reactive ketones (excluding diaryl/α,β-unsaturated/α-hetero) is 1. The lowest BCUT2D eigenvalue weighted by Crippen LogP contribution is -2.41. The summed E-state index contributed by atoms with van der Waals surface area (Å²) in [7, 11) is -3.91. The third kappa shape index (κ3) is 6.73. The average molecular weight is 625 g/mol. The van der Waals surface area contributed by atoms with E-state index in [0.29, 0.717) is 29.0 Å². The quantitative estimate of drug-likeness (QED) is 0.262. The molecule has 3 aromatic carbocycles. The molecule has 43 heavy (non-hydrogen) atoms. The number of ether oxygens (including phenoxy) is 2. The van der Waals surface area contributed by atoms with Gasteiger partial charge < -0.3 is 14.4 Å². The zero-order valence-electron chi connectivity index (χ0n) is 23.3. The maximum atomic E-state index is 13.5. The minimum absolute atomic E-state index is 0.0218. The van der Waals surface area contributed by atoms with Crippen LogP contribution in [0.3, 0.4) is 0 Å². The molecule has 3 aromatic rings. The first kappa shape index (κ1) is 30.2. The van der Waals surface area contributed by atoms with Crippen molar-refractivity contribution < 1.29 is 37.1 Å². The number of sulfone groups is 1. The molecular weight excluding hydrogens is 596 g/mol. The number of benzene rings is 3. The molecule has 2 amide bonds. The number of nitrogens with zero attached hydrogens (tertiary/aromatic N) is 2. The van der Waals surface area contributed by atoms with Crippen molar-refractivity contribution in [3.05, 3.63) is 94.5 Å². The molecular formula is C31H29ClN2O8S. The monoisotopic (exact) mass is 624 g/mol. The SMILES string of the molecule is CS(=O)(=O)c1cc(N2C(=O)OC[C@H]2COC(=O)c2ccccc2)ccc1C(=O)N1CCC(C(=O)c2ccc(Cl)cc2)CC1. The summed E-state index contributed by atoms with van der Waals surface area (Å²) in [5.41, 5.74) is 1.05. The number of piperidine rings is 1. The van der Waals surface area contributed by atoms with Gasteiger partial charge in [-0.3, -0.25) is 14.5 Å². The molecule has 2 aliphatic rings. The van der Waals surface area contributed by atoms with Crippen molar-refractivity contribution in [3.63, 3.8) is 0 Å². The van der Waals surface area contributed by atoms with Gasteiger partial charge in [-0.2, -0.15) is 0 Å². The van der Waals surface area contributed by atoms with E-state index in [1.54, 1.807) is 54.6 Å². The van der Waals surface area contributed by atoms with Crippen molar-refractivity contribution in [1.29, 1.82) is 0 Å². The minimum atomic E-state index is -3.91. The van der Waals surface area contributed by atoms with Crippen LogP contribution < -0.4 is 4.90 Å². The number of halogens is 1. The Balaban J connectivity index is 1.30. The summed E-state index contributed by atoms with van der Waals surface area (Å²) in [5, 5.41) is 0.535. The molecule has 0 N–H and O–H groups in total. The fraction of sp³-hybridized carbons (Fsp3) is 0.290. The molecule has 0 bridgehead atoms. The molecule has 10 nitrogen and oxygen atoms in total. The van der Waals surface area contributed by atoms with Crippen molar-refractivity contribution in [3.8, 4) is 0 Å². The van der Waals surface area contributed by atoms with Crippen molar-refractivity contribution in [2.45, 2.75) is 23.8 Å². The Morgan fingerprint density at radius 2 is 1.63 bits per heavy atom. The molecule has 1 atom stereocenters. The fourth-order valence-corrected chi connectivity index (χ4v) is 6.25. The molecule has 0 saturated carbocycles. The van der Waals surface area contributed by atoms with Crippen LogP contribution in [0, 0.1) is 5.92 Å². The van der Waals surface area contributed by atoms with Crippen LogP contribution in [0.15, 0.2) is 77.7 Å². The van der Waals surface area contributed by atoms with Gasteiger partial charge in [0.2, 0.25) is 0 Å². The van der Waals surface area contributed by atoms with Crippen molar-refractivity contribution in [2.75, 3.05) is 37.5 Å². The summed E-state index contributed by atoms with van der Waals surface area (Å²) in [6.45, 7) is 0.305. The van der Waals surface area contributed by atoms with Crippen LogP contribution in [0.4, 0.5) is 10.5 Å². The second kappa shape index (κ2) is 12.6. The molecule has 5 rings (SSSR count). The number of likely N-dealkylation sites (tertiary alicyclic amines) is 1. The number of anilines is 1. The molecule has 2 fully saturated rings. The van der Waals surface area contributed by atoms with Crippen LogP contribution >= 0.6 is 11.6 Å². The predicted molar refractivity (Wildman–Crippen MR) is 158 cm³/mol. The molecule has 2 heterocycles. The smallest absolute Gasteiger partial charge is 0.414 e. The summed E-state index contributed by atoms with van der Waals surface area (Å²) in [4.78, 5) is 54.0. The van der Waals surface area contributed by atoms with Crippen LogP contribution in [0.2, 0.25) is 5.02 Å². The average Bonchev–Trinajstić information content (AvgIpc) is 3.39. The number of ketones is 1. The fourth-order valence-electron chi connectivity index (χ4n) is 5.24. The summed E-state index contributed by atoms with van der Waals surface area (Å²) in [6.07, 6.45) is 1.12. The largest absolute Gasteiger partial charge is 0.460 e. The van der Waals surface area contributed by atoms with Crippen LogP contribution in [0.5, 0.6) is 0 Å². The Hall–Kier alpha value is -4.22. The highest BCUT2D eigenvalue weighted by Gasteiger charge is 2.37. The molecule has 0 unspecified atom stereocenters. The number of hydrogen-bond acceptors (Lipinski definition) is 8. The highest BCUT2D eigenvalue weighted by atomic mass is 35.5. The lowest BCUT2D eigenvalue weighted by molar-refractivity contribution is 0.0475. The van der Waals surface area contributed by atoms with E-state index in [1.807, 2.05) is 0 Å². The van der Waals surface area contributed by atoms with Crippen LogP contribution in [0.1, 0.15) is 43.9 Å². The molecule has 0 aromatic heterocycles. The van der Waals surface area contributed by atoms with Crippen molar-refractivity contribution in [2.24, 2.45) is 5.92 Å². The van der Waals surface area contributed by atoms with Gasteiger partial charge in [-0.05, 0) is 67.4 Å². The highest BCUT2D eigenvalue weighted by molar-refractivity contribution is 7.90. The normalized spacial score (nSPS) is 17.4. The van der Waals surface area contributed by atoms with Crippen molar-refractivity contribution >= 4 is 50.9 Å². The summed E-state index contributed by atoms with van der Waals surface area (Å²) in [6, 6.07) is 18.4. The molecule has 0 aliphatic carbocycles. The van der Waals surface area contributed by atoms with Gasteiger partial charge in [0.15, 0.2) is 15.6 Å². The second-order valence-electron chi connectivity index (χ2n) is 10.5. The molecule has 12 heteroatoms. The van der Waals surface area contributed by atoms with Crippen molar-refractivity contribution in [1.82, 2.24) is 4.90 Å². The number of carbonyl (C=O) groups is 4. The Kier molecular flexibility index (Phi) is 8.84. The van der Waals surface area contributed by atoms with E-state index in [0.717, 1.165) is 6.26 Å². The number of carbonyl (C=O) groups excluding carboxylic acids is 4. The van der Waals surface area contributed by atoms with E-state index in [2.05, 4.69) is 0 Å². The zero-order valence-corrected chi connectivity index (χ0v) is 24.8. The number of esters is 1. The van der Waals surface area contributed by atoms with E-state index in [9.17, 15) is 27.6 Å². The molecule has 2 aliphatic heterocycles. The summed E-state index contributed by atoms with van der Waals surface area (Å²) >= 11 is 5.92. The topological polar surface area (TPSA) is 127 Å². The van der Waals surface area contributed by atoms with Gasteiger partial charge in [0, 0.05) is 41.5 Å². The molecule has 2 saturated heterocycles. The van der Waals surface area contributed by atoms with Crippen LogP contribution in [0.25, 0.3) is 0 Å². The van der Waals surface area contributed by atoms with E-state index in [4.69, 9.17) is 21.1 Å². The predicted octanol–water partition coefficient (Wildman–Crippen LogP) is 4.66. The highest BCUT2D eigenvalue weighted by Crippen LogP contribution is 2.31. The van der Waals surface area contributed by atoms with Gasteiger partial charge in [0.25, 0.3) is 5.91 Å². The Morgan fingerprint density at radius 1 is 0.953 bits per heavy atom. The first-order valence-electron chi connectivity index (χ1n) is 13.6. The number of hydrogen-bond donors (Lipinski definition) is 0. The van der Waals surface area contributed by atoms with E-state index in [-0.39, 0.29) is 54.2 Å². The van der Waals surface area contributed by atoms with Crippen LogP contribution in [-0.2, 0) is 19.3 Å². The number of amides is 2. The Labute approximate surface area is 254 Å². The van der Waals surface area contributed by atoms with Gasteiger partial charge in [-0.1, -0.05) is 29.8 Å². The maximum Gasteiger partial charge on any atom is 0.414 e. The number of cyclic esters (lactones) is 1. The molecule has 224 valence electrons.